The number of hydrogen-bond acceptors (Lipinski definition) is 3. The van der Waals surface area contributed by atoms with Crippen molar-refractivity contribution in [2.75, 3.05) is 6.61 Å². The van der Waals surface area contributed by atoms with Gasteiger partial charge < -0.3 is 4.74 Å². The number of nitrogens with zero attached hydrogens (tertiary/aromatic N) is 2. The average molecular weight is 284 g/mol. The van der Waals surface area contributed by atoms with Crippen LogP contribution in [0.5, 0.6) is 5.88 Å². The molecule has 2 rings (SSSR count). The van der Waals surface area contributed by atoms with E-state index < -0.39 is 12.8 Å². The van der Waals surface area contributed by atoms with Crippen molar-refractivity contribution >= 4 is 6.29 Å². The van der Waals surface area contributed by atoms with Gasteiger partial charge in [0, 0.05) is 0 Å². The van der Waals surface area contributed by atoms with E-state index in [2.05, 4.69) is 5.10 Å². The van der Waals surface area contributed by atoms with Crippen LogP contribution in [0.4, 0.5) is 13.2 Å². The van der Waals surface area contributed by atoms with E-state index in [-0.39, 0.29) is 11.4 Å². The highest BCUT2D eigenvalue weighted by Gasteiger charge is 2.30. The van der Waals surface area contributed by atoms with E-state index in [0.29, 0.717) is 17.7 Å². The first kappa shape index (κ1) is 14.1. The lowest BCUT2D eigenvalue weighted by Crippen LogP contribution is -2.21. The number of ether oxygens (including phenoxy) is 1. The number of carbonyl (C=O) groups is 1. The second-order valence-corrected chi connectivity index (χ2v) is 4.07. The van der Waals surface area contributed by atoms with Gasteiger partial charge in [0.2, 0.25) is 5.88 Å². The van der Waals surface area contributed by atoms with Crippen molar-refractivity contribution in [2.24, 2.45) is 0 Å². The third kappa shape index (κ3) is 2.98. The molecular formula is C13H11F3N2O2. The van der Waals surface area contributed by atoms with Crippen LogP contribution in [0.15, 0.2) is 30.3 Å². The van der Waals surface area contributed by atoms with Crippen molar-refractivity contribution in [3.8, 4) is 11.6 Å². The molecule has 0 amide bonds. The van der Waals surface area contributed by atoms with Crippen LogP contribution in [0.1, 0.15) is 16.1 Å². The topological polar surface area (TPSA) is 44.1 Å². The highest BCUT2D eigenvalue weighted by molar-refractivity contribution is 5.80. The van der Waals surface area contributed by atoms with Gasteiger partial charge in [-0.05, 0) is 19.1 Å². The number of aryl methyl sites for hydroxylation is 1. The highest BCUT2D eigenvalue weighted by Crippen LogP contribution is 2.26. The minimum absolute atomic E-state index is 0.0121. The molecule has 0 spiro atoms. The molecule has 0 bridgehead atoms. The van der Waals surface area contributed by atoms with Crippen LogP contribution in [0.3, 0.4) is 0 Å². The first-order valence-corrected chi connectivity index (χ1v) is 5.72. The van der Waals surface area contributed by atoms with Gasteiger partial charge in [-0.25, -0.2) is 4.68 Å². The van der Waals surface area contributed by atoms with Crippen LogP contribution in [-0.4, -0.2) is 28.8 Å². The second-order valence-electron chi connectivity index (χ2n) is 4.07. The molecule has 1 aromatic heterocycles. The summed E-state index contributed by atoms with van der Waals surface area (Å²) in [6, 6.07) is 8.49. The summed E-state index contributed by atoms with van der Waals surface area (Å²) in [5.41, 5.74) is 0.833. The number of para-hydroxylation sites is 1. The van der Waals surface area contributed by atoms with Gasteiger partial charge in [0.1, 0.15) is 0 Å². The third-order valence-electron chi connectivity index (χ3n) is 2.55. The molecule has 0 saturated carbocycles. The monoisotopic (exact) mass is 284 g/mol. The maximum absolute atomic E-state index is 12.3. The summed E-state index contributed by atoms with van der Waals surface area (Å²) in [4.78, 5) is 11.0. The van der Waals surface area contributed by atoms with E-state index in [1.165, 1.54) is 11.6 Å². The Morgan fingerprint density at radius 3 is 2.50 bits per heavy atom. The second kappa shape index (κ2) is 5.36. The third-order valence-corrected chi connectivity index (χ3v) is 2.55. The number of alkyl halides is 3. The summed E-state index contributed by atoms with van der Waals surface area (Å²) in [7, 11) is 0. The van der Waals surface area contributed by atoms with Crippen molar-refractivity contribution < 1.29 is 22.7 Å². The highest BCUT2D eigenvalue weighted by atomic mass is 19.4. The summed E-state index contributed by atoms with van der Waals surface area (Å²) >= 11 is 0. The predicted octanol–water partition coefficient (Wildman–Crippen LogP) is 2.93. The van der Waals surface area contributed by atoms with Gasteiger partial charge >= 0.3 is 6.18 Å². The standard InChI is InChI=1S/C13H11F3N2O2/c1-9-11(7-19)12(20-8-13(14,15)16)18(17-9)10-5-3-2-4-6-10/h2-7H,8H2,1H3. The van der Waals surface area contributed by atoms with Crippen LogP contribution in [0.25, 0.3) is 5.69 Å². The number of aromatic nitrogens is 2. The summed E-state index contributed by atoms with van der Waals surface area (Å²) in [6.07, 6.45) is -4.05. The number of halogens is 3. The van der Waals surface area contributed by atoms with Gasteiger partial charge in [-0.2, -0.15) is 18.3 Å². The maximum atomic E-state index is 12.3. The van der Waals surface area contributed by atoms with Gasteiger partial charge in [0.05, 0.1) is 16.9 Å². The van der Waals surface area contributed by atoms with Crippen molar-refractivity contribution in [3.63, 3.8) is 0 Å². The van der Waals surface area contributed by atoms with Crippen molar-refractivity contribution in [2.45, 2.75) is 13.1 Å². The fraction of sp³-hybridized carbons (Fsp3) is 0.231. The zero-order chi connectivity index (χ0) is 14.8. The maximum Gasteiger partial charge on any atom is 0.422 e. The van der Waals surface area contributed by atoms with Crippen LogP contribution in [0.2, 0.25) is 0 Å². The van der Waals surface area contributed by atoms with Gasteiger partial charge in [-0.3, -0.25) is 4.79 Å². The van der Waals surface area contributed by atoms with Crippen molar-refractivity contribution in [3.05, 3.63) is 41.6 Å². The Kier molecular flexibility index (Phi) is 3.78. The van der Waals surface area contributed by atoms with E-state index in [9.17, 15) is 18.0 Å². The molecule has 0 fully saturated rings. The van der Waals surface area contributed by atoms with Crippen molar-refractivity contribution in [1.82, 2.24) is 9.78 Å². The Morgan fingerprint density at radius 1 is 1.30 bits per heavy atom. The molecule has 0 aliphatic carbocycles. The van der Waals surface area contributed by atoms with E-state index in [1.807, 2.05) is 0 Å². The molecule has 20 heavy (non-hydrogen) atoms. The lowest BCUT2D eigenvalue weighted by atomic mass is 10.3. The minimum atomic E-state index is -4.49. The molecule has 0 unspecified atom stereocenters. The van der Waals surface area contributed by atoms with Crippen LogP contribution in [-0.2, 0) is 0 Å². The molecule has 0 saturated heterocycles. The fourth-order valence-corrected chi connectivity index (χ4v) is 1.69. The Morgan fingerprint density at radius 2 is 1.95 bits per heavy atom. The number of carbonyl (C=O) groups excluding carboxylic acids is 1. The van der Waals surface area contributed by atoms with E-state index in [1.54, 1.807) is 30.3 Å². The molecule has 0 atom stereocenters. The van der Waals surface area contributed by atoms with Gasteiger partial charge in [-0.15, -0.1) is 0 Å². The first-order valence-electron chi connectivity index (χ1n) is 5.72. The first-order chi connectivity index (χ1) is 9.42. The van der Waals surface area contributed by atoms with Crippen molar-refractivity contribution in [1.29, 1.82) is 0 Å². The zero-order valence-corrected chi connectivity index (χ0v) is 10.5. The SMILES string of the molecule is Cc1nn(-c2ccccc2)c(OCC(F)(F)F)c1C=O. The molecule has 0 N–H and O–H groups in total. The summed E-state index contributed by atoms with van der Waals surface area (Å²) in [5, 5.41) is 4.05. The van der Waals surface area contributed by atoms with Crippen LogP contribution >= 0.6 is 0 Å². The Labute approximate surface area is 112 Å². The normalized spacial score (nSPS) is 11.4. The quantitative estimate of drug-likeness (QED) is 0.811. The van der Waals surface area contributed by atoms with E-state index >= 15 is 0 Å². The Bertz CT molecular complexity index is 606. The summed E-state index contributed by atoms with van der Waals surface area (Å²) < 4.78 is 42.8. The molecule has 4 nitrogen and oxygen atoms in total. The number of rotatable bonds is 4. The summed E-state index contributed by atoms with van der Waals surface area (Å²) in [5.74, 6) is -0.207. The predicted molar refractivity (Wildman–Crippen MR) is 65.2 cm³/mol. The van der Waals surface area contributed by atoms with Gasteiger partial charge in [-0.1, -0.05) is 18.2 Å². The van der Waals surface area contributed by atoms with Gasteiger partial charge in [0.15, 0.2) is 12.9 Å². The molecule has 2 aromatic rings. The smallest absolute Gasteiger partial charge is 0.422 e. The molecule has 1 heterocycles. The molecule has 0 radical (unpaired) electrons. The van der Waals surface area contributed by atoms with Crippen LogP contribution in [0, 0.1) is 6.92 Å². The Hall–Kier alpha value is -2.31. The molecular weight excluding hydrogens is 273 g/mol. The largest absolute Gasteiger partial charge is 0.467 e. The molecule has 0 aliphatic rings. The Balaban J connectivity index is 2.44. The number of hydrogen-bond donors (Lipinski definition) is 0. The van der Waals surface area contributed by atoms with Gasteiger partial charge in [0.25, 0.3) is 0 Å². The molecule has 0 aliphatic heterocycles. The lowest BCUT2D eigenvalue weighted by molar-refractivity contribution is -0.154. The average Bonchev–Trinajstić information content (AvgIpc) is 2.72. The molecule has 106 valence electrons. The summed E-state index contributed by atoms with van der Waals surface area (Å²) in [6.45, 7) is 0.0510. The number of aldehydes is 1. The fourth-order valence-electron chi connectivity index (χ4n) is 1.69. The lowest BCUT2D eigenvalue weighted by Gasteiger charge is -2.11. The van der Waals surface area contributed by atoms with Crippen LogP contribution < -0.4 is 4.74 Å². The zero-order valence-electron chi connectivity index (χ0n) is 10.5. The number of benzene rings is 1. The minimum Gasteiger partial charge on any atom is -0.467 e. The van der Waals surface area contributed by atoms with E-state index in [4.69, 9.17) is 4.74 Å². The molecule has 7 heteroatoms. The van der Waals surface area contributed by atoms with E-state index in [0.717, 1.165) is 0 Å². The molecule has 1 aromatic carbocycles.